The molecule has 1 heteroatoms. The predicted octanol–water partition coefficient (Wildman–Crippen LogP) is 11.5. The van der Waals surface area contributed by atoms with Gasteiger partial charge in [0.05, 0.1) is 0 Å². The maximum atomic E-state index is 6.59. The lowest BCUT2D eigenvalue weighted by Crippen LogP contribution is -1.91. The average molecular weight is 521 g/mol. The Hall–Kier alpha value is -5.40. The van der Waals surface area contributed by atoms with Crippen molar-refractivity contribution in [3.05, 3.63) is 146 Å². The Labute approximate surface area is 236 Å². The van der Waals surface area contributed by atoms with Crippen molar-refractivity contribution in [2.24, 2.45) is 0 Å². The van der Waals surface area contributed by atoms with E-state index in [4.69, 9.17) is 4.42 Å². The van der Waals surface area contributed by atoms with Gasteiger partial charge in [-0.2, -0.15) is 0 Å². The molecule has 0 aliphatic rings. The minimum atomic E-state index is 0.917. The second-order valence-electron chi connectivity index (χ2n) is 10.8. The van der Waals surface area contributed by atoms with E-state index in [0.717, 1.165) is 21.9 Å². The highest BCUT2D eigenvalue weighted by molar-refractivity contribution is 6.27. The number of rotatable bonds is 2. The van der Waals surface area contributed by atoms with E-state index in [1.54, 1.807) is 0 Å². The summed E-state index contributed by atoms with van der Waals surface area (Å²) in [5, 5.41) is 12.2. The lowest BCUT2D eigenvalue weighted by atomic mass is 9.84. The molecule has 8 aromatic carbocycles. The van der Waals surface area contributed by atoms with Gasteiger partial charge >= 0.3 is 0 Å². The lowest BCUT2D eigenvalue weighted by molar-refractivity contribution is 0.673. The smallest absolute Gasteiger partial charge is 0.143 e. The summed E-state index contributed by atoms with van der Waals surface area (Å²) in [6.45, 7) is 0. The number of benzene rings is 8. The molecular weight excluding hydrogens is 496 g/mol. The van der Waals surface area contributed by atoms with Crippen LogP contribution in [0.1, 0.15) is 0 Å². The first-order chi connectivity index (χ1) is 20.3. The molecule has 1 aromatic heterocycles. The fourth-order valence-corrected chi connectivity index (χ4v) is 6.84. The molecule has 0 radical (unpaired) electrons. The molecule has 0 bridgehead atoms. The quantitative estimate of drug-likeness (QED) is 0.207. The van der Waals surface area contributed by atoms with Gasteiger partial charge in [-0.05, 0) is 78.2 Å². The Bertz CT molecular complexity index is 2420. The van der Waals surface area contributed by atoms with Gasteiger partial charge in [-0.25, -0.2) is 0 Å². The third kappa shape index (κ3) is 3.24. The molecule has 0 unspecified atom stereocenters. The number of hydrogen-bond acceptors (Lipinski definition) is 1. The fraction of sp³-hybridized carbons (Fsp3) is 0. The molecule has 41 heavy (non-hydrogen) atoms. The second-order valence-corrected chi connectivity index (χ2v) is 10.8. The Morgan fingerprint density at radius 3 is 1.68 bits per heavy atom. The first-order valence-electron chi connectivity index (χ1n) is 14.1. The van der Waals surface area contributed by atoms with Crippen LogP contribution in [0.25, 0.3) is 87.3 Å². The van der Waals surface area contributed by atoms with Gasteiger partial charge in [-0.15, -0.1) is 0 Å². The van der Waals surface area contributed by atoms with Crippen LogP contribution in [0.5, 0.6) is 0 Å². The van der Waals surface area contributed by atoms with Crippen LogP contribution in [0.2, 0.25) is 0 Å². The van der Waals surface area contributed by atoms with E-state index in [9.17, 15) is 0 Å². The molecule has 1 heterocycles. The summed E-state index contributed by atoms with van der Waals surface area (Å²) in [6.07, 6.45) is 0. The van der Waals surface area contributed by atoms with Gasteiger partial charge in [-0.1, -0.05) is 127 Å². The van der Waals surface area contributed by atoms with E-state index in [-0.39, 0.29) is 0 Å². The summed E-state index contributed by atoms with van der Waals surface area (Å²) in [5.74, 6) is 0. The van der Waals surface area contributed by atoms with Gasteiger partial charge in [0.1, 0.15) is 11.2 Å². The Morgan fingerprint density at radius 1 is 0.366 bits per heavy atom. The van der Waals surface area contributed by atoms with E-state index in [1.807, 2.05) is 0 Å². The van der Waals surface area contributed by atoms with Crippen molar-refractivity contribution in [2.45, 2.75) is 0 Å². The summed E-state index contributed by atoms with van der Waals surface area (Å²) in [4.78, 5) is 0. The van der Waals surface area contributed by atoms with Gasteiger partial charge in [0, 0.05) is 16.2 Å². The molecule has 9 rings (SSSR count). The van der Waals surface area contributed by atoms with Crippen LogP contribution in [0, 0.1) is 0 Å². The van der Waals surface area contributed by atoms with Gasteiger partial charge in [0.2, 0.25) is 0 Å². The van der Waals surface area contributed by atoms with Gasteiger partial charge < -0.3 is 4.42 Å². The third-order valence-electron chi connectivity index (χ3n) is 8.63. The van der Waals surface area contributed by atoms with E-state index >= 15 is 0 Å². The van der Waals surface area contributed by atoms with Gasteiger partial charge in [0.25, 0.3) is 0 Å². The van der Waals surface area contributed by atoms with Crippen LogP contribution in [0.4, 0.5) is 0 Å². The minimum absolute atomic E-state index is 0.917. The van der Waals surface area contributed by atoms with Crippen LogP contribution < -0.4 is 0 Å². The molecule has 0 saturated carbocycles. The van der Waals surface area contributed by atoms with Crippen LogP contribution in [-0.4, -0.2) is 0 Å². The van der Waals surface area contributed by atoms with Crippen molar-refractivity contribution in [3.63, 3.8) is 0 Å². The molecule has 0 N–H and O–H groups in total. The molecule has 0 amide bonds. The summed E-state index contributed by atoms with van der Waals surface area (Å²) < 4.78 is 6.59. The zero-order valence-corrected chi connectivity index (χ0v) is 22.3. The maximum absolute atomic E-state index is 6.59. The Kier molecular flexibility index (Phi) is 4.67. The highest BCUT2D eigenvalue weighted by Crippen LogP contribution is 2.47. The van der Waals surface area contributed by atoms with Crippen LogP contribution in [0.15, 0.2) is 150 Å². The van der Waals surface area contributed by atoms with Crippen molar-refractivity contribution in [1.82, 2.24) is 0 Å². The van der Waals surface area contributed by atoms with Gasteiger partial charge in [0.15, 0.2) is 0 Å². The van der Waals surface area contributed by atoms with E-state index in [0.29, 0.717) is 0 Å². The zero-order chi connectivity index (χ0) is 26.9. The normalized spacial score (nSPS) is 11.9. The molecule has 0 atom stereocenters. The van der Waals surface area contributed by atoms with Crippen molar-refractivity contribution in [1.29, 1.82) is 0 Å². The molecule has 1 nitrogen and oxygen atoms in total. The molecule has 190 valence electrons. The van der Waals surface area contributed by atoms with Crippen molar-refractivity contribution in [2.75, 3.05) is 0 Å². The molecule has 0 spiro atoms. The topological polar surface area (TPSA) is 13.1 Å². The van der Waals surface area contributed by atoms with E-state index < -0.39 is 0 Å². The van der Waals surface area contributed by atoms with Crippen molar-refractivity contribution >= 4 is 65.0 Å². The minimum Gasteiger partial charge on any atom is -0.455 e. The molecule has 0 saturated heterocycles. The van der Waals surface area contributed by atoms with Gasteiger partial charge in [-0.3, -0.25) is 0 Å². The second kappa shape index (κ2) is 8.55. The number of fused-ring (bicyclic) bond motifs is 8. The summed E-state index contributed by atoms with van der Waals surface area (Å²) >= 11 is 0. The summed E-state index contributed by atoms with van der Waals surface area (Å²) in [5.41, 5.74) is 6.84. The standard InChI is InChI=1S/C40H24O/c1-2-12-27-24-28(21-20-25(27)10-1)37-30-14-5-7-16-32(30)38(33-17-8-6-15-31(33)37)34-18-9-19-36-39(34)35-23-22-26-11-3-4-13-29(26)40(35)41-36/h1-24H. The summed E-state index contributed by atoms with van der Waals surface area (Å²) in [6, 6.07) is 52.6. The zero-order valence-electron chi connectivity index (χ0n) is 22.3. The molecule has 0 aliphatic carbocycles. The van der Waals surface area contributed by atoms with Crippen LogP contribution in [-0.2, 0) is 0 Å². The van der Waals surface area contributed by atoms with E-state index in [2.05, 4.69) is 146 Å². The fourth-order valence-electron chi connectivity index (χ4n) is 6.84. The Morgan fingerprint density at radius 2 is 0.951 bits per heavy atom. The highest BCUT2D eigenvalue weighted by Gasteiger charge is 2.20. The first kappa shape index (κ1) is 22.4. The lowest BCUT2D eigenvalue weighted by Gasteiger charge is -2.18. The van der Waals surface area contributed by atoms with E-state index in [1.165, 1.54) is 65.3 Å². The first-order valence-corrected chi connectivity index (χ1v) is 14.1. The average Bonchev–Trinajstić information content (AvgIpc) is 3.43. The molecule has 9 aromatic rings. The SMILES string of the molecule is c1ccc2cc(-c3c4ccccc4c(-c4cccc5oc6c7ccccc7ccc6c45)c4ccccc34)ccc2c1. The highest BCUT2D eigenvalue weighted by atomic mass is 16.3. The Balaban J connectivity index is 1.43. The third-order valence-corrected chi connectivity index (χ3v) is 8.63. The largest absolute Gasteiger partial charge is 0.455 e. The van der Waals surface area contributed by atoms with Crippen molar-refractivity contribution < 1.29 is 4.42 Å². The number of hydrogen-bond donors (Lipinski definition) is 0. The maximum Gasteiger partial charge on any atom is 0.143 e. The molecule has 0 aliphatic heterocycles. The summed E-state index contributed by atoms with van der Waals surface area (Å²) in [7, 11) is 0. The van der Waals surface area contributed by atoms with Crippen molar-refractivity contribution in [3.8, 4) is 22.3 Å². The predicted molar refractivity (Wildman–Crippen MR) is 175 cm³/mol. The molecular formula is C40H24O. The van der Waals surface area contributed by atoms with Crippen LogP contribution >= 0.6 is 0 Å². The molecule has 0 fully saturated rings. The number of furan rings is 1. The van der Waals surface area contributed by atoms with Crippen LogP contribution in [0.3, 0.4) is 0 Å². The monoisotopic (exact) mass is 520 g/mol.